The van der Waals surface area contributed by atoms with E-state index in [2.05, 4.69) is 16.8 Å². The van der Waals surface area contributed by atoms with Gasteiger partial charge in [-0.1, -0.05) is 17.3 Å². The molecule has 0 saturated heterocycles. The van der Waals surface area contributed by atoms with Gasteiger partial charge in [-0.15, -0.1) is 0 Å². The molecule has 1 rings (SSSR count). The van der Waals surface area contributed by atoms with Gasteiger partial charge >= 0.3 is 11.9 Å². The van der Waals surface area contributed by atoms with Crippen molar-refractivity contribution in [1.29, 1.82) is 0 Å². The van der Waals surface area contributed by atoms with E-state index in [0.717, 1.165) is 11.3 Å². The van der Waals surface area contributed by atoms with Crippen LogP contribution in [0.2, 0.25) is 0 Å². The second-order valence-electron chi connectivity index (χ2n) is 3.03. The van der Waals surface area contributed by atoms with Gasteiger partial charge in [0.1, 0.15) is 11.3 Å². The van der Waals surface area contributed by atoms with E-state index in [1.165, 1.54) is 6.20 Å². The third kappa shape index (κ3) is 4.55. The maximum Gasteiger partial charge on any atom is 0.349 e. The largest absolute Gasteiger partial charge is 0.465 e. The molecule has 0 bridgehead atoms. The Morgan fingerprint density at radius 1 is 1.33 bits per heavy atom. The first-order chi connectivity index (χ1) is 8.67. The molecule has 0 aliphatic carbocycles. The van der Waals surface area contributed by atoms with Crippen molar-refractivity contribution in [2.45, 2.75) is 20.3 Å². The van der Waals surface area contributed by atoms with Gasteiger partial charge in [-0.05, 0) is 19.8 Å². The summed E-state index contributed by atoms with van der Waals surface area (Å²) >= 11 is 1.13. The van der Waals surface area contributed by atoms with E-state index in [0.29, 0.717) is 23.1 Å². The second-order valence-corrected chi connectivity index (χ2v) is 4.06. The van der Waals surface area contributed by atoms with E-state index in [-0.39, 0.29) is 12.4 Å². The predicted molar refractivity (Wildman–Crippen MR) is 66.2 cm³/mol. The number of carbonyl (C=O) groups excluding carboxylic acids is 2. The summed E-state index contributed by atoms with van der Waals surface area (Å²) < 4.78 is 9.55. The van der Waals surface area contributed by atoms with Crippen LogP contribution in [0, 0.1) is 11.8 Å². The smallest absolute Gasteiger partial charge is 0.349 e. The molecule has 18 heavy (non-hydrogen) atoms. The van der Waals surface area contributed by atoms with Crippen LogP contribution in [0.4, 0.5) is 0 Å². The van der Waals surface area contributed by atoms with E-state index in [9.17, 15) is 9.59 Å². The zero-order chi connectivity index (χ0) is 13.4. The topological polar surface area (TPSA) is 65.5 Å². The van der Waals surface area contributed by atoms with Crippen molar-refractivity contribution in [2.75, 3.05) is 13.2 Å². The molecule has 0 spiro atoms. The average Bonchev–Trinajstić information content (AvgIpc) is 2.78. The molecule has 0 aliphatic rings. The van der Waals surface area contributed by atoms with Crippen LogP contribution in [0.1, 0.15) is 34.9 Å². The zero-order valence-corrected chi connectivity index (χ0v) is 11.0. The summed E-state index contributed by atoms with van der Waals surface area (Å²) in [4.78, 5) is 26.7. The van der Waals surface area contributed by atoms with E-state index in [1.807, 2.05) is 0 Å². The normalized spacial score (nSPS) is 9.22. The number of thiazole rings is 1. The molecule has 0 aliphatic heterocycles. The third-order valence-electron chi connectivity index (χ3n) is 1.72. The Morgan fingerprint density at radius 2 is 2.06 bits per heavy atom. The Bertz CT molecular complexity index is 484. The standard InChI is InChI=1S/C12H13NO4S/c1-3-16-11(14)7-5-6-10-13-8-9(18-10)12(15)17-4-2/h8H,3-4,7H2,1-2H3. The Morgan fingerprint density at radius 3 is 2.72 bits per heavy atom. The van der Waals surface area contributed by atoms with Crippen LogP contribution < -0.4 is 0 Å². The van der Waals surface area contributed by atoms with Gasteiger partial charge in [0.2, 0.25) is 0 Å². The molecule has 0 N–H and O–H groups in total. The fourth-order valence-electron chi connectivity index (χ4n) is 1.03. The summed E-state index contributed by atoms with van der Waals surface area (Å²) in [5.74, 6) is 4.56. The molecule has 5 nitrogen and oxygen atoms in total. The quantitative estimate of drug-likeness (QED) is 0.612. The van der Waals surface area contributed by atoms with E-state index >= 15 is 0 Å². The van der Waals surface area contributed by atoms with Crippen molar-refractivity contribution < 1.29 is 19.1 Å². The lowest BCUT2D eigenvalue weighted by molar-refractivity contribution is -0.141. The van der Waals surface area contributed by atoms with Crippen molar-refractivity contribution in [3.05, 3.63) is 16.1 Å². The minimum Gasteiger partial charge on any atom is -0.465 e. The van der Waals surface area contributed by atoms with E-state index in [1.54, 1.807) is 13.8 Å². The monoisotopic (exact) mass is 267 g/mol. The number of aromatic nitrogens is 1. The Labute approximate surface area is 109 Å². The number of rotatable bonds is 4. The molecule has 0 radical (unpaired) electrons. The Balaban J connectivity index is 2.56. The lowest BCUT2D eigenvalue weighted by Gasteiger charge is -1.95. The summed E-state index contributed by atoms with van der Waals surface area (Å²) in [6, 6.07) is 0. The van der Waals surface area contributed by atoms with Crippen molar-refractivity contribution in [3.63, 3.8) is 0 Å². The lowest BCUT2D eigenvalue weighted by Crippen LogP contribution is -2.01. The summed E-state index contributed by atoms with van der Waals surface area (Å²) in [5, 5.41) is 0.474. The highest BCUT2D eigenvalue weighted by atomic mass is 32.1. The van der Waals surface area contributed by atoms with Crippen LogP contribution in [0.5, 0.6) is 0 Å². The van der Waals surface area contributed by atoms with Gasteiger partial charge < -0.3 is 9.47 Å². The number of hydrogen-bond donors (Lipinski definition) is 0. The average molecular weight is 267 g/mol. The maximum absolute atomic E-state index is 11.4. The summed E-state index contributed by atoms with van der Waals surface area (Å²) in [6.07, 6.45) is 1.43. The van der Waals surface area contributed by atoms with Gasteiger partial charge in [0.15, 0.2) is 5.01 Å². The number of hydrogen-bond acceptors (Lipinski definition) is 6. The van der Waals surface area contributed by atoms with Crippen LogP contribution >= 0.6 is 11.3 Å². The molecular weight excluding hydrogens is 254 g/mol. The first-order valence-corrected chi connectivity index (χ1v) is 6.26. The molecule has 0 aromatic carbocycles. The molecule has 1 aromatic rings. The second kappa shape index (κ2) is 7.45. The Kier molecular flexibility index (Phi) is 5.88. The van der Waals surface area contributed by atoms with Crippen LogP contribution in [0.15, 0.2) is 6.20 Å². The van der Waals surface area contributed by atoms with Gasteiger partial charge in [0, 0.05) is 0 Å². The molecule has 0 saturated carbocycles. The fraction of sp³-hybridized carbons (Fsp3) is 0.417. The van der Waals surface area contributed by atoms with Crippen LogP contribution in [-0.2, 0) is 14.3 Å². The van der Waals surface area contributed by atoms with Crippen molar-refractivity contribution in [3.8, 4) is 11.8 Å². The molecule has 96 valence electrons. The van der Waals surface area contributed by atoms with Gasteiger partial charge in [-0.3, -0.25) is 4.79 Å². The zero-order valence-electron chi connectivity index (χ0n) is 10.2. The highest BCUT2D eigenvalue weighted by Gasteiger charge is 2.09. The van der Waals surface area contributed by atoms with Crippen molar-refractivity contribution in [2.24, 2.45) is 0 Å². The number of ether oxygens (including phenoxy) is 2. The number of carbonyl (C=O) groups is 2. The van der Waals surface area contributed by atoms with Gasteiger partial charge in [0.05, 0.1) is 19.4 Å². The SMILES string of the molecule is CCOC(=O)CC#Cc1ncc(C(=O)OCC)s1. The molecular formula is C12H13NO4S. The molecule has 0 fully saturated rings. The lowest BCUT2D eigenvalue weighted by atomic mass is 10.4. The first kappa shape index (κ1) is 14.2. The predicted octanol–water partition coefficient (Wildman–Crippen LogP) is 1.62. The van der Waals surface area contributed by atoms with Gasteiger partial charge in [-0.25, -0.2) is 9.78 Å². The molecule has 0 amide bonds. The van der Waals surface area contributed by atoms with Crippen LogP contribution in [-0.4, -0.2) is 30.1 Å². The van der Waals surface area contributed by atoms with Crippen molar-refractivity contribution in [1.82, 2.24) is 4.98 Å². The third-order valence-corrected chi connectivity index (χ3v) is 2.61. The van der Waals surface area contributed by atoms with Crippen molar-refractivity contribution >= 4 is 23.3 Å². The van der Waals surface area contributed by atoms with Gasteiger partial charge in [0.25, 0.3) is 0 Å². The summed E-state index contributed by atoms with van der Waals surface area (Å²) in [7, 11) is 0. The van der Waals surface area contributed by atoms with Crippen LogP contribution in [0.25, 0.3) is 0 Å². The highest BCUT2D eigenvalue weighted by molar-refractivity contribution is 7.14. The van der Waals surface area contributed by atoms with Crippen LogP contribution in [0.3, 0.4) is 0 Å². The fourth-order valence-corrected chi connectivity index (χ4v) is 1.72. The molecule has 0 atom stereocenters. The maximum atomic E-state index is 11.4. The van der Waals surface area contributed by atoms with Gasteiger partial charge in [-0.2, -0.15) is 0 Å². The van der Waals surface area contributed by atoms with E-state index < -0.39 is 5.97 Å². The highest BCUT2D eigenvalue weighted by Crippen LogP contribution is 2.12. The number of esters is 2. The molecule has 6 heteroatoms. The summed E-state index contributed by atoms with van der Waals surface area (Å²) in [5.41, 5.74) is 0. The number of nitrogens with zero attached hydrogens (tertiary/aromatic N) is 1. The molecule has 0 unspecified atom stereocenters. The van der Waals surface area contributed by atoms with E-state index in [4.69, 9.17) is 9.47 Å². The Hall–Kier alpha value is -1.87. The summed E-state index contributed by atoms with van der Waals surface area (Å²) in [6.45, 7) is 4.13. The minimum absolute atomic E-state index is 0.0160. The molecule has 1 aromatic heterocycles. The first-order valence-electron chi connectivity index (χ1n) is 5.44. The molecule has 1 heterocycles. The minimum atomic E-state index is -0.409.